The first-order chi connectivity index (χ1) is 8.63. The van der Waals surface area contributed by atoms with E-state index in [0.717, 1.165) is 29.4 Å². The molecule has 2 N–H and O–H groups in total. The second-order valence-corrected chi connectivity index (χ2v) is 5.20. The van der Waals surface area contributed by atoms with Crippen molar-refractivity contribution in [2.75, 3.05) is 5.32 Å². The lowest BCUT2D eigenvalue weighted by atomic mass is 10.2. The Labute approximate surface area is 121 Å². The van der Waals surface area contributed by atoms with Crippen LogP contribution in [-0.4, -0.2) is 11.0 Å². The molecule has 1 amide bonds. The van der Waals surface area contributed by atoms with Crippen molar-refractivity contribution in [1.29, 1.82) is 0 Å². The van der Waals surface area contributed by atoms with Gasteiger partial charge >= 0.3 is 0 Å². The second kappa shape index (κ2) is 8.21. The molecule has 0 heterocycles. The minimum Gasteiger partial charge on any atom is -0.331 e. The van der Waals surface area contributed by atoms with Crippen molar-refractivity contribution in [2.24, 2.45) is 0 Å². The first-order valence-electron chi connectivity index (χ1n) is 5.99. The van der Waals surface area contributed by atoms with Gasteiger partial charge in [-0.25, -0.2) is 0 Å². The molecule has 3 nitrogen and oxygen atoms in total. The standard InChI is InChI=1S/C13H17BrN2OS/c1-2-3-4-9-12(17)16-13(18)15-11-8-6-5-7-10(11)14/h5-8H,2-4,9H2,1H3,(H2,15,16,17,18). The summed E-state index contributed by atoms with van der Waals surface area (Å²) in [5.41, 5.74) is 0.844. The summed E-state index contributed by atoms with van der Waals surface area (Å²) in [6, 6.07) is 7.62. The third kappa shape index (κ3) is 5.60. The Morgan fingerprint density at radius 2 is 2.06 bits per heavy atom. The van der Waals surface area contributed by atoms with Crippen molar-refractivity contribution in [2.45, 2.75) is 32.6 Å². The summed E-state index contributed by atoms with van der Waals surface area (Å²) < 4.78 is 0.910. The lowest BCUT2D eigenvalue weighted by molar-refractivity contribution is -0.119. The predicted octanol–water partition coefficient (Wildman–Crippen LogP) is 3.84. The molecule has 0 radical (unpaired) electrons. The Kier molecular flexibility index (Phi) is 6.90. The number of thiocarbonyl (C=S) groups is 1. The molecule has 1 rings (SSSR count). The molecule has 98 valence electrons. The molecule has 5 heteroatoms. The molecule has 0 spiro atoms. The van der Waals surface area contributed by atoms with Gasteiger partial charge in [-0.1, -0.05) is 31.9 Å². The smallest absolute Gasteiger partial charge is 0.226 e. The third-order valence-corrected chi connectivity index (χ3v) is 3.28. The number of nitrogens with one attached hydrogen (secondary N) is 2. The second-order valence-electron chi connectivity index (χ2n) is 3.94. The summed E-state index contributed by atoms with van der Waals surface area (Å²) >= 11 is 8.49. The highest BCUT2D eigenvalue weighted by molar-refractivity contribution is 9.10. The molecule has 0 aromatic heterocycles. The minimum atomic E-state index is -0.0343. The molecule has 18 heavy (non-hydrogen) atoms. The highest BCUT2D eigenvalue weighted by atomic mass is 79.9. The van der Waals surface area contributed by atoms with Gasteiger partial charge in [0.1, 0.15) is 0 Å². The van der Waals surface area contributed by atoms with Crippen LogP contribution in [0.15, 0.2) is 28.7 Å². The number of carbonyl (C=O) groups excluding carboxylic acids is 1. The molecule has 0 aliphatic rings. The molecule has 0 aliphatic carbocycles. The molecule has 1 aromatic carbocycles. The first kappa shape index (κ1) is 15.1. The summed E-state index contributed by atoms with van der Waals surface area (Å²) in [4.78, 5) is 11.6. The maximum Gasteiger partial charge on any atom is 0.226 e. The fourth-order valence-electron chi connectivity index (χ4n) is 1.44. The summed E-state index contributed by atoms with van der Waals surface area (Å²) in [6.07, 6.45) is 3.59. The number of rotatable bonds is 5. The van der Waals surface area contributed by atoms with Crippen LogP contribution in [0.1, 0.15) is 32.6 Å². The number of hydrogen-bond acceptors (Lipinski definition) is 2. The van der Waals surface area contributed by atoms with Crippen LogP contribution in [0, 0.1) is 0 Å². The van der Waals surface area contributed by atoms with Crippen molar-refractivity contribution >= 4 is 44.9 Å². The number of amides is 1. The van der Waals surface area contributed by atoms with Gasteiger partial charge < -0.3 is 10.6 Å². The van der Waals surface area contributed by atoms with Crippen LogP contribution >= 0.6 is 28.1 Å². The van der Waals surface area contributed by atoms with Gasteiger partial charge in [-0.15, -0.1) is 0 Å². The third-order valence-electron chi connectivity index (χ3n) is 2.38. The van der Waals surface area contributed by atoms with Crippen LogP contribution in [0.2, 0.25) is 0 Å². The summed E-state index contributed by atoms with van der Waals surface area (Å²) in [7, 11) is 0. The first-order valence-corrected chi connectivity index (χ1v) is 7.19. The van der Waals surface area contributed by atoms with Crippen LogP contribution in [0.4, 0.5) is 5.69 Å². The quantitative estimate of drug-likeness (QED) is 0.637. The van der Waals surface area contributed by atoms with Gasteiger partial charge in [0.05, 0.1) is 5.69 Å². The normalized spacial score (nSPS) is 9.89. The van der Waals surface area contributed by atoms with Crippen LogP contribution in [0.3, 0.4) is 0 Å². The Balaban J connectivity index is 2.38. The van der Waals surface area contributed by atoms with Crippen molar-refractivity contribution in [1.82, 2.24) is 5.32 Å². The number of benzene rings is 1. The van der Waals surface area contributed by atoms with E-state index < -0.39 is 0 Å². The molecule has 0 atom stereocenters. The fourth-order valence-corrected chi connectivity index (χ4v) is 2.05. The highest BCUT2D eigenvalue weighted by Crippen LogP contribution is 2.20. The van der Waals surface area contributed by atoms with E-state index in [2.05, 4.69) is 33.5 Å². The van der Waals surface area contributed by atoms with Crippen molar-refractivity contribution in [3.05, 3.63) is 28.7 Å². The average Bonchev–Trinajstić information content (AvgIpc) is 2.32. The van der Waals surface area contributed by atoms with Crippen molar-refractivity contribution in [3.63, 3.8) is 0 Å². The predicted molar refractivity (Wildman–Crippen MR) is 82.6 cm³/mol. The zero-order valence-electron chi connectivity index (χ0n) is 10.3. The highest BCUT2D eigenvalue weighted by Gasteiger charge is 2.05. The van der Waals surface area contributed by atoms with Crippen LogP contribution in [0.5, 0.6) is 0 Å². The van der Waals surface area contributed by atoms with E-state index in [-0.39, 0.29) is 5.91 Å². The van der Waals surface area contributed by atoms with Gasteiger partial charge in [0.2, 0.25) is 5.91 Å². The lowest BCUT2D eigenvalue weighted by Gasteiger charge is -2.10. The molecule has 1 aromatic rings. The van der Waals surface area contributed by atoms with E-state index >= 15 is 0 Å². The molecule has 0 aliphatic heterocycles. The molecule has 0 saturated carbocycles. The van der Waals surface area contributed by atoms with Crippen LogP contribution in [0.25, 0.3) is 0 Å². The van der Waals surface area contributed by atoms with Gasteiger partial charge in [0.15, 0.2) is 5.11 Å². The molecule has 0 bridgehead atoms. The number of para-hydroxylation sites is 1. The zero-order valence-corrected chi connectivity index (χ0v) is 12.7. The van der Waals surface area contributed by atoms with Gasteiger partial charge in [-0.3, -0.25) is 4.79 Å². The number of anilines is 1. The lowest BCUT2D eigenvalue weighted by Crippen LogP contribution is -2.34. The molecule has 0 saturated heterocycles. The number of halogens is 1. The summed E-state index contributed by atoms with van der Waals surface area (Å²) in [6.45, 7) is 2.11. The maximum atomic E-state index is 11.6. The fraction of sp³-hybridized carbons (Fsp3) is 0.385. The van der Waals surface area contributed by atoms with Crippen LogP contribution < -0.4 is 10.6 Å². The van der Waals surface area contributed by atoms with Gasteiger partial charge in [0.25, 0.3) is 0 Å². The topological polar surface area (TPSA) is 41.1 Å². The van der Waals surface area contributed by atoms with E-state index in [0.29, 0.717) is 11.5 Å². The van der Waals surface area contributed by atoms with E-state index in [1.807, 2.05) is 24.3 Å². The summed E-state index contributed by atoms with van der Waals surface area (Å²) in [5.74, 6) is -0.0343. The summed E-state index contributed by atoms with van der Waals surface area (Å²) in [5, 5.41) is 6.00. The average molecular weight is 329 g/mol. The number of hydrogen-bond donors (Lipinski definition) is 2. The molecular formula is C13H17BrN2OS. The Bertz CT molecular complexity index is 423. The van der Waals surface area contributed by atoms with E-state index in [1.165, 1.54) is 0 Å². The van der Waals surface area contributed by atoms with Gasteiger partial charge in [-0.05, 0) is 46.7 Å². The Morgan fingerprint density at radius 1 is 1.33 bits per heavy atom. The van der Waals surface area contributed by atoms with E-state index in [1.54, 1.807) is 0 Å². The number of carbonyl (C=O) groups is 1. The molecule has 0 unspecified atom stereocenters. The monoisotopic (exact) mass is 328 g/mol. The van der Waals surface area contributed by atoms with Crippen molar-refractivity contribution < 1.29 is 4.79 Å². The van der Waals surface area contributed by atoms with Crippen molar-refractivity contribution in [3.8, 4) is 0 Å². The van der Waals surface area contributed by atoms with E-state index in [4.69, 9.17) is 12.2 Å². The zero-order chi connectivity index (χ0) is 13.4. The Hall–Kier alpha value is -0.940. The van der Waals surface area contributed by atoms with E-state index in [9.17, 15) is 4.79 Å². The largest absolute Gasteiger partial charge is 0.331 e. The Morgan fingerprint density at radius 3 is 2.72 bits per heavy atom. The molecular weight excluding hydrogens is 312 g/mol. The van der Waals surface area contributed by atoms with Crippen LogP contribution in [-0.2, 0) is 4.79 Å². The molecule has 0 fully saturated rings. The number of unbranched alkanes of at least 4 members (excludes halogenated alkanes) is 2. The SMILES string of the molecule is CCCCCC(=O)NC(=S)Nc1ccccc1Br. The minimum absolute atomic E-state index is 0.0343. The maximum absolute atomic E-state index is 11.6. The van der Waals surface area contributed by atoms with Gasteiger partial charge in [-0.2, -0.15) is 0 Å². The van der Waals surface area contributed by atoms with Gasteiger partial charge in [0, 0.05) is 10.9 Å².